The number of amidine groups is 1. The highest BCUT2D eigenvalue weighted by Gasteiger charge is 2.35. The van der Waals surface area contributed by atoms with Crippen molar-refractivity contribution in [1.82, 2.24) is 25.1 Å². The Morgan fingerprint density at radius 2 is 1.84 bits per heavy atom. The Balaban J connectivity index is 1.80. The van der Waals surface area contributed by atoms with E-state index in [0.29, 0.717) is 43.1 Å². The molecule has 38 heavy (non-hydrogen) atoms. The van der Waals surface area contributed by atoms with E-state index in [-0.39, 0.29) is 23.9 Å². The molecular weight excluding hydrogens is 521 g/mol. The minimum atomic E-state index is -4.64. The number of allylic oxidation sites excluding steroid dienone is 4. The molecule has 3 rings (SSSR count). The first-order chi connectivity index (χ1) is 18.1. The van der Waals surface area contributed by atoms with Gasteiger partial charge in [-0.25, -0.2) is 15.0 Å². The van der Waals surface area contributed by atoms with E-state index in [1.807, 2.05) is 30.9 Å². The zero-order valence-electron chi connectivity index (χ0n) is 21.5. The van der Waals surface area contributed by atoms with Gasteiger partial charge >= 0.3 is 6.18 Å². The number of rotatable bonds is 7. The third-order valence-electron chi connectivity index (χ3n) is 6.17. The Bertz CT molecular complexity index is 1100. The number of hydrogen-bond donors (Lipinski definition) is 1. The highest BCUT2D eigenvalue weighted by molar-refractivity contribution is 6.33. The number of morpholine rings is 1. The number of aromatic nitrogens is 2. The van der Waals surface area contributed by atoms with Crippen LogP contribution in [0.2, 0.25) is 0 Å². The van der Waals surface area contributed by atoms with E-state index in [1.165, 1.54) is 0 Å². The normalized spacial score (nSPS) is 23.2. The maximum Gasteiger partial charge on any atom is 0.451 e. The lowest BCUT2D eigenvalue weighted by Crippen LogP contribution is -2.44. The number of carbonyl (C=O) groups is 1. The van der Waals surface area contributed by atoms with Crippen molar-refractivity contribution in [1.29, 1.82) is 0 Å². The van der Waals surface area contributed by atoms with Crippen molar-refractivity contribution < 1.29 is 22.7 Å². The van der Waals surface area contributed by atoms with Crippen molar-refractivity contribution in [3.8, 4) is 0 Å². The second-order valence-electron chi connectivity index (χ2n) is 8.61. The Morgan fingerprint density at radius 3 is 2.45 bits per heavy atom. The van der Waals surface area contributed by atoms with Crippen LogP contribution in [0.15, 0.2) is 64.6 Å². The quantitative estimate of drug-likeness (QED) is 0.545. The van der Waals surface area contributed by atoms with Crippen molar-refractivity contribution in [2.24, 2.45) is 4.99 Å². The number of nitrogens with one attached hydrogen (secondary N) is 1. The summed E-state index contributed by atoms with van der Waals surface area (Å²) in [5.74, 6) is -0.864. The molecule has 1 amide bonds. The SMILES string of the molecule is C=C1/C=C\C(Cl)=C(\C(=O)NCC(c2cnc(C(F)(F)F)nc2)N2CCOCC2)C/C=C\C(N(CC)CC)=N/1. The van der Waals surface area contributed by atoms with Gasteiger partial charge in [-0.3, -0.25) is 9.69 Å². The molecule has 2 aliphatic heterocycles. The van der Waals surface area contributed by atoms with Gasteiger partial charge in [0.1, 0.15) is 5.84 Å². The summed E-state index contributed by atoms with van der Waals surface area (Å²) in [5, 5.41) is 3.15. The minimum Gasteiger partial charge on any atom is -0.379 e. The number of nitrogens with zero attached hydrogens (tertiary/aromatic N) is 5. The molecule has 0 radical (unpaired) electrons. The van der Waals surface area contributed by atoms with Crippen molar-refractivity contribution >= 4 is 23.3 Å². The number of amides is 1. The van der Waals surface area contributed by atoms with Gasteiger partial charge in [0.05, 0.1) is 25.0 Å². The second kappa shape index (κ2) is 13.7. The van der Waals surface area contributed by atoms with E-state index in [0.717, 1.165) is 31.3 Å². The van der Waals surface area contributed by atoms with Gasteiger partial charge in [-0.2, -0.15) is 13.2 Å². The molecule has 2 aliphatic rings. The molecular formula is C26H32ClF3N6O2. The fourth-order valence-corrected chi connectivity index (χ4v) is 4.32. The number of aliphatic imine (C=N–C) groups is 1. The summed E-state index contributed by atoms with van der Waals surface area (Å²) in [5.41, 5.74) is 1.30. The third kappa shape index (κ3) is 7.99. The molecule has 8 nitrogen and oxygen atoms in total. The number of halogens is 4. The summed E-state index contributed by atoms with van der Waals surface area (Å²) >= 11 is 6.48. The molecule has 3 heterocycles. The molecule has 1 unspecified atom stereocenters. The van der Waals surface area contributed by atoms with Crippen LogP contribution in [0.5, 0.6) is 0 Å². The lowest BCUT2D eigenvalue weighted by molar-refractivity contribution is -0.145. The molecule has 1 aromatic rings. The molecule has 0 saturated carbocycles. The molecule has 206 valence electrons. The predicted molar refractivity (Wildman–Crippen MR) is 140 cm³/mol. The van der Waals surface area contributed by atoms with Crippen LogP contribution in [0, 0.1) is 0 Å². The first-order valence-electron chi connectivity index (χ1n) is 12.4. The Labute approximate surface area is 225 Å². The smallest absolute Gasteiger partial charge is 0.379 e. The van der Waals surface area contributed by atoms with Gasteiger partial charge in [0.15, 0.2) is 0 Å². The highest BCUT2D eigenvalue weighted by Crippen LogP contribution is 2.27. The molecule has 12 heteroatoms. The van der Waals surface area contributed by atoms with Crippen molar-refractivity contribution in [2.75, 3.05) is 45.9 Å². The zero-order chi connectivity index (χ0) is 27.7. The van der Waals surface area contributed by atoms with Crippen LogP contribution in [-0.4, -0.2) is 77.4 Å². The van der Waals surface area contributed by atoms with E-state index < -0.39 is 18.0 Å². The monoisotopic (exact) mass is 552 g/mol. The van der Waals surface area contributed by atoms with Crippen LogP contribution in [0.25, 0.3) is 0 Å². The Hall–Kier alpha value is -3.02. The summed E-state index contributed by atoms with van der Waals surface area (Å²) in [6.45, 7) is 11.7. The number of ether oxygens (including phenoxy) is 1. The number of carbonyl (C=O) groups excluding carboxylic acids is 1. The van der Waals surface area contributed by atoms with E-state index in [9.17, 15) is 18.0 Å². The molecule has 0 aliphatic carbocycles. The van der Waals surface area contributed by atoms with Gasteiger partial charge in [0.25, 0.3) is 0 Å². The first kappa shape index (κ1) is 29.5. The fourth-order valence-electron chi connectivity index (χ4n) is 4.10. The Kier molecular flexibility index (Phi) is 10.6. The lowest BCUT2D eigenvalue weighted by Gasteiger charge is -2.34. The predicted octanol–water partition coefficient (Wildman–Crippen LogP) is 4.25. The standard InChI is InChI=1S/C26H32ClF3N6O2/c1-4-35(5-2)23-8-6-7-20(21(27)10-9-18(3)34-23)24(37)31-17-22(36-11-13-38-14-12-36)19-15-32-25(33-16-19)26(28,29)30/h6,8-10,15-16,22H,3-5,7,11-14,17H2,1-2H3,(H,31,37)/b8-6-,10-9-,21-20-,34-23+. The van der Waals surface area contributed by atoms with Crippen molar-refractivity contribution in [3.05, 3.63) is 71.0 Å². The summed E-state index contributed by atoms with van der Waals surface area (Å²) in [6.07, 6.45) is 4.83. The maximum absolute atomic E-state index is 13.3. The van der Waals surface area contributed by atoms with Crippen LogP contribution in [0.4, 0.5) is 13.2 Å². The van der Waals surface area contributed by atoms with Gasteiger partial charge in [0, 0.05) is 61.3 Å². The van der Waals surface area contributed by atoms with Crippen LogP contribution >= 0.6 is 11.6 Å². The summed E-state index contributed by atoms with van der Waals surface area (Å²) in [7, 11) is 0. The van der Waals surface area contributed by atoms with Gasteiger partial charge < -0.3 is 15.0 Å². The minimum absolute atomic E-state index is 0.119. The highest BCUT2D eigenvalue weighted by atomic mass is 35.5. The third-order valence-corrected chi connectivity index (χ3v) is 6.53. The number of likely N-dealkylation sites (N-methyl/N-ethyl adjacent to an activating group) is 1. The molecule has 0 aromatic carbocycles. The lowest BCUT2D eigenvalue weighted by atomic mass is 10.1. The molecule has 1 aromatic heterocycles. The van der Waals surface area contributed by atoms with E-state index in [2.05, 4.69) is 31.8 Å². The van der Waals surface area contributed by atoms with Gasteiger partial charge in [-0.1, -0.05) is 24.3 Å². The molecule has 1 fully saturated rings. The summed E-state index contributed by atoms with van der Waals surface area (Å²) in [4.78, 5) is 28.9. The van der Waals surface area contributed by atoms with Crippen LogP contribution in [0.3, 0.4) is 0 Å². The van der Waals surface area contributed by atoms with E-state index in [1.54, 1.807) is 12.2 Å². The van der Waals surface area contributed by atoms with Crippen LogP contribution in [0.1, 0.15) is 37.7 Å². The second-order valence-corrected chi connectivity index (χ2v) is 9.02. The Morgan fingerprint density at radius 1 is 1.18 bits per heavy atom. The fraction of sp³-hybridized carbons (Fsp3) is 0.462. The van der Waals surface area contributed by atoms with Crippen molar-refractivity contribution in [3.63, 3.8) is 0 Å². The molecule has 0 bridgehead atoms. The van der Waals surface area contributed by atoms with E-state index in [4.69, 9.17) is 16.3 Å². The molecule has 1 N–H and O–H groups in total. The largest absolute Gasteiger partial charge is 0.451 e. The maximum atomic E-state index is 13.3. The molecule has 1 saturated heterocycles. The average Bonchev–Trinajstić information content (AvgIpc) is 2.90. The van der Waals surface area contributed by atoms with Crippen molar-refractivity contribution in [2.45, 2.75) is 32.5 Å². The van der Waals surface area contributed by atoms with Crippen LogP contribution in [-0.2, 0) is 15.7 Å². The van der Waals surface area contributed by atoms with E-state index >= 15 is 0 Å². The topological polar surface area (TPSA) is 83.0 Å². The zero-order valence-corrected chi connectivity index (χ0v) is 22.2. The summed E-state index contributed by atoms with van der Waals surface area (Å²) < 4.78 is 44.3. The first-order valence-corrected chi connectivity index (χ1v) is 12.8. The van der Waals surface area contributed by atoms with Crippen LogP contribution < -0.4 is 5.32 Å². The van der Waals surface area contributed by atoms with Gasteiger partial charge in [-0.05, 0) is 38.5 Å². The molecule has 1 atom stereocenters. The average molecular weight is 553 g/mol. The van der Waals surface area contributed by atoms with Gasteiger partial charge in [0.2, 0.25) is 11.7 Å². The van der Waals surface area contributed by atoms with Gasteiger partial charge in [-0.15, -0.1) is 0 Å². The number of alkyl halides is 3. The summed E-state index contributed by atoms with van der Waals surface area (Å²) in [6, 6.07) is -0.448. The number of hydrogen-bond acceptors (Lipinski definition) is 7. The molecule has 0 spiro atoms.